The summed E-state index contributed by atoms with van der Waals surface area (Å²) < 4.78 is 4.98. The van der Waals surface area contributed by atoms with Crippen LogP contribution < -0.4 is 0 Å². The molecular formula is C7H7ClN4O. The molecule has 1 N–H and O–H groups in total. The van der Waals surface area contributed by atoms with Gasteiger partial charge in [0, 0.05) is 5.69 Å². The predicted octanol–water partition coefficient (Wildman–Crippen LogP) is 1.51. The zero-order chi connectivity index (χ0) is 9.26. The average Bonchev–Trinajstić information content (AvgIpc) is 2.71. The van der Waals surface area contributed by atoms with Gasteiger partial charge in [0.05, 0.1) is 17.6 Å². The van der Waals surface area contributed by atoms with Gasteiger partial charge in [0.25, 0.3) is 5.89 Å². The van der Waals surface area contributed by atoms with E-state index >= 15 is 0 Å². The number of aryl methyl sites for hydroxylation is 1. The summed E-state index contributed by atoms with van der Waals surface area (Å²) in [6.45, 7) is 1.88. The minimum Gasteiger partial charge on any atom is -0.334 e. The molecule has 2 rings (SSSR count). The Balaban J connectivity index is 2.41. The fourth-order valence-electron chi connectivity index (χ4n) is 0.984. The number of nitrogens with zero attached hydrogens (tertiary/aromatic N) is 3. The number of alkyl halides is 1. The highest BCUT2D eigenvalue weighted by Crippen LogP contribution is 2.19. The Morgan fingerprint density at radius 3 is 3.00 bits per heavy atom. The molecule has 0 bridgehead atoms. The maximum absolute atomic E-state index is 5.53. The Labute approximate surface area is 79.1 Å². The van der Waals surface area contributed by atoms with E-state index in [9.17, 15) is 0 Å². The van der Waals surface area contributed by atoms with Crippen LogP contribution in [0, 0.1) is 6.92 Å². The van der Waals surface area contributed by atoms with Gasteiger partial charge >= 0.3 is 0 Å². The lowest BCUT2D eigenvalue weighted by atomic mass is 10.3. The highest BCUT2D eigenvalue weighted by molar-refractivity contribution is 6.16. The summed E-state index contributed by atoms with van der Waals surface area (Å²) in [5.74, 6) is 1.18. The van der Waals surface area contributed by atoms with Crippen LogP contribution in [0.3, 0.4) is 0 Å². The Morgan fingerprint density at radius 1 is 1.62 bits per heavy atom. The smallest absolute Gasteiger partial charge is 0.261 e. The van der Waals surface area contributed by atoms with E-state index in [0.29, 0.717) is 11.7 Å². The summed E-state index contributed by atoms with van der Waals surface area (Å²) >= 11 is 5.53. The molecular weight excluding hydrogens is 192 g/mol. The van der Waals surface area contributed by atoms with Crippen molar-refractivity contribution in [3.05, 3.63) is 17.7 Å². The molecule has 68 valence electrons. The Morgan fingerprint density at radius 2 is 2.46 bits per heavy atom. The first-order valence-electron chi connectivity index (χ1n) is 3.70. The summed E-state index contributed by atoms with van der Waals surface area (Å²) in [5, 5.41) is 10.3. The molecule has 0 saturated heterocycles. The van der Waals surface area contributed by atoms with Gasteiger partial charge in [-0.05, 0) is 6.92 Å². The molecule has 0 spiro atoms. The third-order valence-electron chi connectivity index (χ3n) is 1.65. The Kier molecular flexibility index (Phi) is 2.02. The van der Waals surface area contributed by atoms with Gasteiger partial charge in [0.1, 0.15) is 0 Å². The third-order valence-corrected chi connectivity index (χ3v) is 1.89. The number of halogens is 1. The molecule has 5 nitrogen and oxygen atoms in total. The van der Waals surface area contributed by atoms with E-state index in [1.165, 1.54) is 0 Å². The largest absolute Gasteiger partial charge is 0.334 e. The lowest BCUT2D eigenvalue weighted by molar-refractivity contribution is 0.425. The summed E-state index contributed by atoms with van der Waals surface area (Å²) in [4.78, 5) is 4.06. The SMILES string of the molecule is Cc1[nH]ncc1-c1nc(CCl)no1. The van der Waals surface area contributed by atoms with Gasteiger partial charge in [0.15, 0.2) is 5.82 Å². The van der Waals surface area contributed by atoms with Crippen LogP contribution in [0.4, 0.5) is 0 Å². The molecule has 0 aliphatic heterocycles. The van der Waals surface area contributed by atoms with Crippen LogP contribution >= 0.6 is 11.6 Å². The molecule has 0 unspecified atom stereocenters. The molecule has 0 amide bonds. The number of hydrogen-bond acceptors (Lipinski definition) is 4. The first kappa shape index (κ1) is 8.25. The number of hydrogen-bond donors (Lipinski definition) is 1. The summed E-state index contributed by atoms with van der Waals surface area (Å²) in [7, 11) is 0. The summed E-state index contributed by atoms with van der Waals surface area (Å²) in [6.07, 6.45) is 1.64. The van der Waals surface area contributed by atoms with Gasteiger partial charge in [-0.1, -0.05) is 5.16 Å². The van der Waals surface area contributed by atoms with Gasteiger partial charge in [-0.2, -0.15) is 10.1 Å². The molecule has 0 aliphatic carbocycles. The number of H-pyrrole nitrogens is 1. The second kappa shape index (κ2) is 3.18. The number of aromatic amines is 1. The van der Waals surface area contributed by atoms with E-state index < -0.39 is 0 Å². The number of rotatable bonds is 2. The van der Waals surface area contributed by atoms with Crippen molar-refractivity contribution in [3.63, 3.8) is 0 Å². The predicted molar refractivity (Wildman–Crippen MR) is 46.2 cm³/mol. The molecule has 2 heterocycles. The average molecular weight is 199 g/mol. The van der Waals surface area contributed by atoms with Crippen LogP contribution in [-0.4, -0.2) is 20.3 Å². The van der Waals surface area contributed by atoms with E-state index in [2.05, 4.69) is 20.3 Å². The molecule has 13 heavy (non-hydrogen) atoms. The monoisotopic (exact) mass is 198 g/mol. The minimum atomic E-state index is 0.250. The highest BCUT2D eigenvalue weighted by atomic mass is 35.5. The van der Waals surface area contributed by atoms with Crippen LogP contribution in [-0.2, 0) is 5.88 Å². The fourth-order valence-corrected chi connectivity index (χ4v) is 1.09. The zero-order valence-corrected chi connectivity index (χ0v) is 7.67. The molecule has 0 aliphatic rings. The van der Waals surface area contributed by atoms with Gasteiger partial charge in [-0.25, -0.2) is 0 Å². The van der Waals surface area contributed by atoms with Crippen molar-refractivity contribution in [2.45, 2.75) is 12.8 Å². The minimum absolute atomic E-state index is 0.250. The number of nitrogens with one attached hydrogen (secondary N) is 1. The van der Waals surface area contributed by atoms with Crippen molar-refractivity contribution in [2.75, 3.05) is 0 Å². The van der Waals surface area contributed by atoms with Crippen LogP contribution in [0.5, 0.6) is 0 Å². The van der Waals surface area contributed by atoms with Crippen molar-refractivity contribution in [1.29, 1.82) is 0 Å². The molecule has 0 atom stereocenters. The van der Waals surface area contributed by atoms with Crippen molar-refractivity contribution < 1.29 is 4.52 Å². The van der Waals surface area contributed by atoms with Crippen molar-refractivity contribution >= 4 is 11.6 Å². The quantitative estimate of drug-likeness (QED) is 0.743. The highest BCUT2D eigenvalue weighted by Gasteiger charge is 2.11. The van der Waals surface area contributed by atoms with Crippen LogP contribution in [0.2, 0.25) is 0 Å². The fraction of sp³-hybridized carbons (Fsp3) is 0.286. The van der Waals surface area contributed by atoms with Crippen LogP contribution in [0.1, 0.15) is 11.5 Å². The van der Waals surface area contributed by atoms with Gasteiger partial charge in [-0.3, -0.25) is 5.10 Å². The molecule has 2 aromatic heterocycles. The van der Waals surface area contributed by atoms with Crippen LogP contribution in [0.25, 0.3) is 11.5 Å². The second-order valence-electron chi connectivity index (χ2n) is 2.56. The third kappa shape index (κ3) is 1.42. The normalized spacial score (nSPS) is 10.6. The molecule has 0 fully saturated rings. The van der Waals surface area contributed by atoms with Gasteiger partial charge < -0.3 is 4.52 Å². The van der Waals surface area contributed by atoms with E-state index in [0.717, 1.165) is 11.3 Å². The van der Waals surface area contributed by atoms with E-state index in [4.69, 9.17) is 16.1 Å². The molecule has 0 radical (unpaired) electrons. The molecule has 0 saturated carbocycles. The van der Waals surface area contributed by atoms with Crippen molar-refractivity contribution in [2.24, 2.45) is 0 Å². The molecule has 0 aromatic carbocycles. The van der Waals surface area contributed by atoms with Gasteiger partial charge in [-0.15, -0.1) is 11.6 Å². The lowest BCUT2D eigenvalue weighted by Crippen LogP contribution is -1.81. The summed E-state index contributed by atoms with van der Waals surface area (Å²) in [5.41, 5.74) is 1.70. The van der Waals surface area contributed by atoms with E-state index in [-0.39, 0.29) is 5.88 Å². The molecule has 6 heteroatoms. The lowest BCUT2D eigenvalue weighted by Gasteiger charge is -1.87. The topological polar surface area (TPSA) is 67.6 Å². The first-order chi connectivity index (χ1) is 6.31. The Hall–Kier alpha value is -1.36. The first-order valence-corrected chi connectivity index (χ1v) is 4.23. The maximum Gasteiger partial charge on any atom is 0.261 e. The number of aromatic nitrogens is 4. The summed E-state index contributed by atoms with van der Waals surface area (Å²) in [6, 6.07) is 0. The maximum atomic E-state index is 5.53. The van der Waals surface area contributed by atoms with E-state index in [1.54, 1.807) is 6.20 Å². The van der Waals surface area contributed by atoms with Crippen LogP contribution in [0.15, 0.2) is 10.7 Å². The second-order valence-corrected chi connectivity index (χ2v) is 2.83. The van der Waals surface area contributed by atoms with E-state index in [1.807, 2.05) is 6.92 Å². The van der Waals surface area contributed by atoms with Crippen molar-refractivity contribution in [1.82, 2.24) is 20.3 Å². The van der Waals surface area contributed by atoms with Crippen molar-refractivity contribution in [3.8, 4) is 11.5 Å². The van der Waals surface area contributed by atoms with Gasteiger partial charge in [0.2, 0.25) is 0 Å². The molecule has 2 aromatic rings. The standard InChI is InChI=1S/C7H7ClN4O/c1-4-5(3-9-11-4)7-10-6(2-8)12-13-7/h3H,2H2,1H3,(H,9,11). The Bertz CT molecular complexity index is 408. The zero-order valence-electron chi connectivity index (χ0n) is 6.91.